The van der Waals surface area contributed by atoms with E-state index in [0.717, 1.165) is 23.0 Å². The molecule has 0 atom stereocenters. The fourth-order valence-corrected chi connectivity index (χ4v) is 1.90. The highest BCUT2D eigenvalue weighted by Gasteiger charge is 2.13. The van der Waals surface area contributed by atoms with Crippen molar-refractivity contribution in [3.8, 4) is 0 Å². The van der Waals surface area contributed by atoms with Gasteiger partial charge in [0.15, 0.2) is 0 Å². The summed E-state index contributed by atoms with van der Waals surface area (Å²) >= 11 is 0. The molecule has 0 radical (unpaired) electrons. The van der Waals surface area contributed by atoms with Crippen LogP contribution in [0, 0.1) is 13.8 Å². The molecule has 0 aliphatic rings. The largest absolute Gasteiger partial charge is 0.466 e. The van der Waals surface area contributed by atoms with Gasteiger partial charge in [-0.05, 0) is 32.0 Å². The Bertz CT molecular complexity index is 799. The number of aryl methyl sites for hydroxylation is 2. The number of carbonyl (C=O) groups excluding carboxylic acids is 2. The van der Waals surface area contributed by atoms with Crippen LogP contribution in [0.4, 0.5) is 5.69 Å². The Kier molecular flexibility index (Phi) is 4.90. The summed E-state index contributed by atoms with van der Waals surface area (Å²) in [5.41, 5.74) is 3.66. The Labute approximate surface area is 133 Å². The molecule has 0 unspecified atom stereocenters. The summed E-state index contributed by atoms with van der Waals surface area (Å²) in [6, 6.07) is 5.26. The van der Waals surface area contributed by atoms with Crippen molar-refractivity contribution in [3.05, 3.63) is 41.4 Å². The zero-order valence-corrected chi connectivity index (χ0v) is 13.3. The Morgan fingerprint density at radius 3 is 2.30 bits per heavy atom. The number of aromatic nitrogens is 2. The minimum atomic E-state index is -0.679. The van der Waals surface area contributed by atoms with Gasteiger partial charge in [-0.1, -0.05) is 0 Å². The van der Waals surface area contributed by atoms with Gasteiger partial charge in [0.1, 0.15) is 5.70 Å². The normalized spacial score (nSPS) is 11.2. The molecule has 0 aliphatic carbocycles. The van der Waals surface area contributed by atoms with Crippen LogP contribution in [0.3, 0.4) is 0 Å². The van der Waals surface area contributed by atoms with Crippen LogP contribution in [0.2, 0.25) is 0 Å². The lowest BCUT2D eigenvalue weighted by molar-refractivity contribution is -0.138. The lowest BCUT2D eigenvalue weighted by atomic mass is 10.2. The molecule has 0 amide bonds. The van der Waals surface area contributed by atoms with Crippen LogP contribution in [0.25, 0.3) is 11.0 Å². The summed E-state index contributed by atoms with van der Waals surface area (Å²) < 4.78 is 9.17. The first kappa shape index (κ1) is 16.4. The number of carbonyl (C=O) groups is 2. The van der Waals surface area contributed by atoms with Crippen LogP contribution in [0.15, 0.2) is 30.0 Å². The lowest BCUT2D eigenvalue weighted by Gasteiger charge is -2.10. The fourth-order valence-electron chi connectivity index (χ4n) is 1.90. The van der Waals surface area contributed by atoms with Gasteiger partial charge in [-0.3, -0.25) is 0 Å². The highest BCUT2D eigenvalue weighted by Crippen LogP contribution is 2.19. The number of esters is 2. The zero-order chi connectivity index (χ0) is 17.0. The molecule has 1 aromatic heterocycles. The van der Waals surface area contributed by atoms with Gasteiger partial charge in [-0.25, -0.2) is 19.6 Å². The van der Waals surface area contributed by atoms with Crippen molar-refractivity contribution in [1.82, 2.24) is 9.97 Å². The number of hydrogen-bond acceptors (Lipinski definition) is 7. The van der Waals surface area contributed by atoms with Crippen LogP contribution in [-0.4, -0.2) is 36.1 Å². The predicted octanol–water partition coefficient (Wildman–Crippen LogP) is 1.89. The average molecular weight is 315 g/mol. The van der Waals surface area contributed by atoms with E-state index in [4.69, 9.17) is 0 Å². The first-order valence-electron chi connectivity index (χ1n) is 6.84. The van der Waals surface area contributed by atoms with E-state index in [1.54, 1.807) is 18.2 Å². The van der Waals surface area contributed by atoms with Crippen LogP contribution < -0.4 is 5.32 Å². The molecular weight excluding hydrogens is 298 g/mol. The number of methoxy groups -OCH3 is 2. The number of anilines is 1. The van der Waals surface area contributed by atoms with Crippen molar-refractivity contribution in [2.75, 3.05) is 19.5 Å². The molecule has 23 heavy (non-hydrogen) atoms. The van der Waals surface area contributed by atoms with Crippen molar-refractivity contribution in [1.29, 1.82) is 0 Å². The van der Waals surface area contributed by atoms with Gasteiger partial charge in [0.25, 0.3) is 0 Å². The smallest absolute Gasteiger partial charge is 0.354 e. The first-order valence-corrected chi connectivity index (χ1v) is 6.84. The van der Waals surface area contributed by atoms with Crippen LogP contribution in [-0.2, 0) is 19.1 Å². The first-order chi connectivity index (χ1) is 10.9. The zero-order valence-electron chi connectivity index (χ0n) is 13.3. The number of hydrogen-bond donors (Lipinski definition) is 1. The monoisotopic (exact) mass is 315 g/mol. The van der Waals surface area contributed by atoms with Gasteiger partial charge >= 0.3 is 11.9 Å². The molecule has 2 aromatic rings. The molecule has 2 rings (SSSR count). The fraction of sp³-hybridized carbons (Fsp3) is 0.250. The third-order valence-corrected chi connectivity index (χ3v) is 3.22. The Balaban J connectivity index is 2.38. The third kappa shape index (κ3) is 3.82. The van der Waals surface area contributed by atoms with Crippen molar-refractivity contribution < 1.29 is 19.1 Å². The number of nitrogens with zero attached hydrogens (tertiary/aromatic N) is 2. The SMILES string of the molecule is COC(=O)/C=C(/Nc1ccc2nc(C)c(C)nc2c1)C(=O)OC. The second-order valence-corrected chi connectivity index (χ2v) is 4.80. The van der Waals surface area contributed by atoms with Gasteiger partial charge < -0.3 is 14.8 Å². The number of rotatable bonds is 4. The van der Waals surface area contributed by atoms with E-state index in [0.29, 0.717) is 11.2 Å². The summed E-state index contributed by atoms with van der Waals surface area (Å²) in [4.78, 5) is 32.0. The molecule has 0 fully saturated rings. The molecule has 1 aromatic carbocycles. The molecule has 120 valence electrons. The molecule has 1 heterocycles. The van der Waals surface area contributed by atoms with Gasteiger partial charge in [-0.2, -0.15) is 0 Å². The molecule has 0 saturated carbocycles. The minimum absolute atomic E-state index is 0.0320. The Hall–Kier alpha value is -2.96. The van der Waals surface area contributed by atoms with E-state index in [2.05, 4.69) is 24.8 Å². The minimum Gasteiger partial charge on any atom is -0.466 e. The summed E-state index contributed by atoms with van der Waals surface area (Å²) in [6.45, 7) is 3.77. The molecule has 0 saturated heterocycles. The highest BCUT2D eigenvalue weighted by atomic mass is 16.5. The van der Waals surface area contributed by atoms with E-state index in [1.165, 1.54) is 14.2 Å². The Morgan fingerprint density at radius 2 is 1.70 bits per heavy atom. The second-order valence-electron chi connectivity index (χ2n) is 4.80. The summed E-state index contributed by atoms with van der Waals surface area (Å²) in [5, 5.41) is 2.84. The highest BCUT2D eigenvalue weighted by molar-refractivity contribution is 5.99. The van der Waals surface area contributed by atoms with E-state index >= 15 is 0 Å². The van der Waals surface area contributed by atoms with Crippen LogP contribution in [0.5, 0.6) is 0 Å². The third-order valence-electron chi connectivity index (χ3n) is 3.22. The molecule has 0 spiro atoms. The average Bonchev–Trinajstić information content (AvgIpc) is 2.54. The van der Waals surface area contributed by atoms with Crippen molar-refractivity contribution in [3.63, 3.8) is 0 Å². The quantitative estimate of drug-likeness (QED) is 0.680. The van der Waals surface area contributed by atoms with Crippen molar-refractivity contribution in [2.45, 2.75) is 13.8 Å². The maximum Gasteiger partial charge on any atom is 0.354 e. The maximum atomic E-state index is 11.7. The van der Waals surface area contributed by atoms with E-state index in [1.807, 2.05) is 13.8 Å². The molecule has 1 N–H and O–H groups in total. The molecule has 0 bridgehead atoms. The maximum absolute atomic E-state index is 11.7. The molecule has 0 aliphatic heterocycles. The number of fused-ring (bicyclic) bond motifs is 1. The van der Waals surface area contributed by atoms with Gasteiger partial charge in [0.05, 0.1) is 42.7 Å². The van der Waals surface area contributed by atoms with Gasteiger partial charge in [0, 0.05) is 5.69 Å². The van der Waals surface area contributed by atoms with Crippen molar-refractivity contribution in [2.24, 2.45) is 0 Å². The lowest BCUT2D eigenvalue weighted by Crippen LogP contribution is -2.15. The summed E-state index contributed by atoms with van der Waals surface area (Å²) in [7, 11) is 2.46. The van der Waals surface area contributed by atoms with E-state index < -0.39 is 11.9 Å². The Morgan fingerprint density at radius 1 is 1.04 bits per heavy atom. The van der Waals surface area contributed by atoms with Crippen LogP contribution >= 0.6 is 0 Å². The summed E-state index contributed by atoms with van der Waals surface area (Å²) in [5.74, 6) is -1.34. The number of benzene rings is 1. The standard InChI is InChI=1S/C16H17N3O4/c1-9-10(2)18-13-7-11(5-6-12(13)17-9)19-14(16(21)23-4)8-15(20)22-3/h5-8,19H,1-4H3/b14-8+. The van der Waals surface area contributed by atoms with Gasteiger partial charge in [0.2, 0.25) is 0 Å². The van der Waals surface area contributed by atoms with Crippen molar-refractivity contribution >= 4 is 28.7 Å². The van der Waals surface area contributed by atoms with Crippen LogP contribution in [0.1, 0.15) is 11.4 Å². The van der Waals surface area contributed by atoms with E-state index in [-0.39, 0.29) is 5.70 Å². The summed E-state index contributed by atoms with van der Waals surface area (Å²) in [6.07, 6.45) is 1.03. The topological polar surface area (TPSA) is 90.4 Å². The second kappa shape index (κ2) is 6.87. The molecule has 7 nitrogen and oxygen atoms in total. The molecule has 7 heteroatoms. The number of ether oxygens (including phenoxy) is 2. The van der Waals surface area contributed by atoms with E-state index in [9.17, 15) is 9.59 Å². The predicted molar refractivity (Wildman–Crippen MR) is 84.7 cm³/mol. The van der Waals surface area contributed by atoms with Gasteiger partial charge in [-0.15, -0.1) is 0 Å². The molecular formula is C16H17N3O4. The number of nitrogens with one attached hydrogen (secondary N) is 1.